The highest BCUT2D eigenvalue weighted by Crippen LogP contribution is 2.38. The van der Waals surface area contributed by atoms with Gasteiger partial charge in [0.2, 0.25) is 0 Å². The van der Waals surface area contributed by atoms with Gasteiger partial charge in [-0.2, -0.15) is 0 Å². The second-order valence-electron chi connectivity index (χ2n) is 6.73. The van der Waals surface area contributed by atoms with Gasteiger partial charge in [-0.25, -0.2) is 0 Å². The Morgan fingerprint density at radius 3 is 2.10 bits per heavy atom. The molecule has 0 aromatic carbocycles. The van der Waals surface area contributed by atoms with Crippen LogP contribution < -0.4 is 0 Å². The predicted molar refractivity (Wildman–Crippen MR) is 92.1 cm³/mol. The van der Waals surface area contributed by atoms with Crippen LogP contribution in [0, 0.1) is 23.7 Å². The molecule has 0 saturated heterocycles. The van der Waals surface area contributed by atoms with Gasteiger partial charge in [-0.3, -0.25) is 0 Å². The minimum absolute atomic E-state index is 0.263. The standard InChI is InChI=1S/C18H32OSi/c1-8-10-11-12-13-14-16-17(15-9-2)19-20(6,7)18(3,4)5/h17H,8-9,12,15-16H2,1-7H3/t17-/m1/s1. The van der Waals surface area contributed by atoms with E-state index in [1.807, 2.05) is 0 Å². The van der Waals surface area contributed by atoms with E-state index in [2.05, 4.69) is 71.4 Å². The smallest absolute Gasteiger partial charge is 0.192 e. The Morgan fingerprint density at radius 2 is 1.60 bits per heavy atom. The Labute approximate surface area is 128 Å². The van der Waals surface area contributed by atoms with Crippen molar-refractivity contribution >= 4 is 8.32 Å². The monoisotopic (exact) mass is 292 g/mol. The van der Waals surface area contributed by atoms with Gasteiger partial charge in [-0.15, -0.1) is 5.92 Å². The number of hydrogen-bond acceptors (Lipinski definition) is 1. The first-order valence-corrected chi connectivity index (χ1v) is 10.7. The van der Waals surface area contributed by atoms with Gasteiger partial charge in [-0.05, 0) is 24.6 Å². The zero-order valence-corrected chi connectivity index (χ0v) is 15.5. The van der Waals surface area contributed by atoms with E-state index in [4.69, 9.17) is 4.43 Å². The van der Waals surface area contributed by atoms with Crippen molar-refractivity contribution in [2.24, 2.45) is 0 Å². The van der Waals surface area contributed by atoms with Crippen LogP contribution in [0.4, 0.5) is 0 Å². The summed E-state index contributed by atoms with van der Waals surface area (Å²) in [6, 6.07) is 0. The average molecular weight is 293 g/mol. The molecule has 0 heterocycles. The third kappa shape index (κ3) is 7.78. The molecule has 0 fully saturated rings. The van der Waals surface area contributed by atoms with Crippen LogP contribution in [0.2, 0.25) is 18.1 Å². The lowest BCUT2D eigenvalue weighted by Gasteiger charge is -2.39. The van der Waals surface area contributed by atoms with E-state index in [9.17, 15) is 0 Å². The summed E-state index contributed by atoms with van der Waals surface area (Å²) in [7, 11) is -1.68. The van der Waals surface area contributed by atoms with E-state index in [0.717, 1.165) is 25.7 Å². The highest BCUT2D eigenvalue weighted by molar-refractivity contribution is 6.74. The molecule has 0 amide bonds. The largest absolute Gasteiger partial charge is 0.413 e. The predicted octanol–water partition coefficient (Wildman–Crippen LogP) is 5.37. The second-order valence-corrected chi connectivity index (χ2v) is 11.5. The molecule has 0 aliphatic carbocycles. The fourth-order valence-corrected chi connectivity index (χ4v) is 2.99. The maximum Gasteiger partial charge on any atom is 0.192 e. The molecule has 2 heteroatoms. The van der Waals surface area contributed by atoms with E-state index in [-0.39, 0.29) is 11.1 Å². The fraction of sp³-hybridized carbons (Fsp3) is 0.778. The Balaban J connectivity index is 4.51. The lowest BCUT2D eigenvalue weighted by Crippen LogP contribution is -2.43. The number of hydrogen-bond donors (Lipinski definition) is 0. The first-order chi connectivity index (χ1) is 9.24. The van der Waals surface area contributed by atoms with Crippen LogP contribution in [0.15, 0.2) is 0 Å². The van der Waals surface area contributed by atoms with Crippen molar-refractivity contribution in [3.8, 4) is 23.7 Å². The molecule has 114 valence electrons. The number of rotatable bonds is 5. The zero-order chi connectivity index (χ0) is 15.6. The molecule has 20 heavy (non-hydrogen) atoms. The molecule has 1 nitrogen and oxygen atoms in total. The Kier molecular flexibility index (Phi) is 8.95. The van der Waals surface area contributed by atoms with Crippen LogP contribution in [0.1, 0.15) is 66.7 Å². The van der Waals surface area contributed by atoms with Crippen molar-refractivity contribution in [2.45, 2.75) is 91.0 Å². The van der Waals surface area contributed by atoms with Crippen molar-refractivity contribution in [1.29, 1.82) is 0 Å². The minimum atomic E-state index is -1.68. The summed E-state index contributed by atoms with van der Waals surface area (Å²) in [4.78, 5) is 0. The Bertz CT molecular complexity index is 382. The molecule has 0 N–H and O–H groups in total. The van der Waals surface area contributed by atoms with Gasteiger partial charge in [-0.1, -0.05) is 58.8 Å². The minimum Gasteiger partial charge on any atom is -0.413 e. The van der Waals surface area contributed by atoms with Crippen LogP contribution in [-0.2, 0) is 4.43 Å². The second kappa shape index (κ2) is 9.27. The van der Waals surface area contributed by atoms with Crippen LogP contribution in [-0.4, -0.2) is 14.4 Å². The Hall–Kier alpha value is -0.703. The topological polar surface area (TPSA) is 9.23 Å². The summed E-state index contributed by atoms with van der Waals surface area (Å²) in [5, 5.41) is 0.263. The lowest BCUT2D eigenvalue weighted by atomic mass is 10.1. The highest BCUT2D eigenvalue weighted by atomic mass is 28.4. The third-order valence-corrected chi connectivity index (χ3v) is 8.35. The van der Waals surface area contributed by atoms with Gasteiger partial charge < -0.3 is 4.43 Å². The summed E-state index contributed by atoms with van der Waals surface area (Å²) in [5.41, 5.74) is 0. The molecule has 0 spiro atoms. The van der Waals surface area contributed by atoms with Crippen molar-refractivity contribution in [3.63, 3.8) is 0 Å². The van der Waals surface area contributed by atoms with Crippen LogP contribution >= 0.6 is 0 Å². The molecule has 0 aromatic rings. The first kappa shape index (κ1) is 19.3. The molecule has 0 rings (SSSR count). The van der Waals surface area contributed by atoms with Crippen LogP contribution in [0.25, 0.3) is 0 Å². The van der Waals surface area contributed by atoms with E-state index in [1.165, 1.54) is 0 Å². The summed E-state index contributed by atoms with van der Waals surface area (Å²) in [5.74, 6) is 12.5. The van der Waals surface area contributed by atoms with Gasteiger partial charge in [0.25, 0.3) is 0 Å². The van der Waals surface area contributed by atoms with E-state index < -0.39 is 8.32 Å². The average Bonchev–Trinajstić information content (AvgIpc) is 2.32. The molecule has 0 radical (unpaired) electrons. The fourth-order valence-electron chi connectivity index (χ4n) is 1.60. The van der Waals surface area contributed by atoms with Gasteiger partial charge in [0.15, 0.2) is 8.32 Å². The molecular weight excluding hydrogens is 260 g/mol. The van der Waals surface area contributed by atoms with Gasteiger partial charge in [0, 0.05) is 12.8 Å². The maximum absolute atomic E-state index is 6.47. The maximum atomic E-state index is 6.47. The normalized spacial score (nSPS) is 12.9. The molecule has 0 aliphatic rings. The van der Waals surface area contributed by atoms with Crippen molar-refractivity contribution < 1.29 is 4.43 Å². The van der Waals surface area contributed by atoms with Gasteiger partial charge >= 0.3 is 0 Å². The van der Waals surface area contributed by atoms with Crippen LogP contribution in [0.3, 0.4) is 0 Å². The molecule has 0 aliphatic heterocycles. The summed E-state index contributed by atoms with van der Waals surface area (Å²) >= 11 is 0. The molecule has 0 bridgehead atoms. The van der Waals surface area contributed by atoms with E-state index >= 15 is 0 Å². The van der Waals surface area contributed by atoms with Crippen molar-refractivity contribution in [3.05, 3.63) is 0 Å². The summed E-state index contributed by atoms with van der Waals surface area (Å²) < 4.78 is 6.47. The first-order valence-electron chi connectivity index (χ1n) is 7.83. The summed E-state index contributed by atoms with van der Waals surface area (Å²) in [6.07, 6.45) is 4.97. The van der Waals surface area contributed by atoms with Crippen LogP contribution in [0.5, 0.6) is 0 Å². The molecule has 1 atom stereocenters. The SMILES string of the molecule is CCC#CCC#CC[C@@H](CCC)O[Si](C)(C)C(C)(C)C. The Morgan fingerprint density at radius 1 is 1.00 bits per heavy atom. The van der Waals surface area contributed by atoms with Gasteiger partial charge in [0.05, 0.1) is 12.5 Å². The third-order valence-electron chi connectivity index (χ3n) is 3.81. The lowest BCUT2D eigenvalue weighted by molar-refractivity contribution is 0.175. The van der Waals surface area contributed by atoms with Crippen molar-refractivity contribution in [2.75, 3.05) is 0 Å². The molecule has 0 aromatic heterocycles. The van der Waals surface area contributed by atoms with Gasteiger partial charge in [0.1, 0.15) is 0 Å². The molecule has 0 unspecified atom stereocenters. The van der Waals surface area contributed by atoms with Crippen molar-refractivity contribution in [1.82, 2.24) is 0 Å². The molecule has 0 saturated carbocycles. The molecular formula is C18H32OSi. The summed E-state index contributed by atoms with van der Waals surface area (Å²) in [6.45, 7) is 15.8. The van der Waals surface area contributed by atoms with E-state index in [1.54, 1.807) is 0 Å². The quantitative estimate of drug-likeness (QED) is 0.488. The highest BCUT2D eigenvalue weighted by Gasteiger charge is 2.38. The van der Waals surface area contributed by atoms with E-state index in [0.29, 0.717) is 6.42 Å². The zero-order valence-electron chi connectivity index (χ0n) is 14.5.